The average molecular weight is 683 g/mol. The quantitative estimate of drug-likeness (QED) is 0.277. The Labute approximate surface area is 285 Å². The molecule has 1 saturated carbocycles. The first kappa shape index (κ1) is 34.4. The molecule has 0 radical (unpaired) electrons. The number of carbonyl (C=O) groups excluding carboxylic acids is 3. The van der Waals surface area contributed by atoms with Crippen LogP contribution >= 0.6 is 11.6 Å². The molecule has 6 rings (SSSR count). The Balaban J connectivity index is 1.10. The summed E-state index contributed by atoms with van der Waals surface area (Å²) < 4.78 is 34.4. The molecule has 1 aliphatic carbocycles. The van der Waals surface area contributed by atoms with Crippen LogP contribution in [0.15, 0.2) is 42.6 Å². The number of hydrogen-bond donors (Lipinski definition) is 1. The van der Waals surface area contributed by atoms with E-state index < -0.39 is 11.7 Å². The van der Waals surface area contributed by atoms with Crippen LogP contribution in [0, 0.1) is 11.7 Å². The summed E-state index contributed by atoms with van der Waals surface area (Å²) in [6.07, 6.45) is 5.50. The van der Waals surface area contributed by atoms with Crippen molar-refractivity contribution in [1.82, 2.24) is 14.4 Å². The lowest BCUT2D eigenvalue weighted by Gasteiger charge is -2.42. The highest BCUT2D eigenvalue weighted by Crippen LogP contribution is 2.32. The molecule has 12 heteroatoms. The zero-order chi connectivity index (χ0) is 33.9. The zero-order valence-corrected chi connectivity index (χ0v) is 28.5. The molecule has 0 unspecified atom stereocenters. The first-order chi connectivity index (χ1) is 23.1. The summed E-state index contributed by atoms with van der Waals surface area (Å²) >= 11 is 6.55. The number of nitrogens with zero attached hydrogens (tertiary/aromatic N) is 3. The largest absolute Gasteiger partial charge is 0.466 e. The van der Waals surface area contributed by atoms with Gasteiger partial charge < -0.3 is 29.0 Å². The summed E-state index contributed by atoms with van der Waals surface area (Å²) in [5, 5.41) is 3.67. The van der Waals surface area contributed by atoms with E-state index in [1.165, 1.54) is 12.1 Å². The summed E-state index contributed by atoms with van der Waals surface area (Å²) in [7, 11) is 3.56. The average Bonchev–Trinajstić information content (AvgIpc) is 3.63. The number of amides is 2. The SMILES string of the molecule is CCOC(=O)C1CCC(OC[C@@H]2C[C@H](N3CC(OC)C3)CN2C(=O)Cc2cc(Cl)c(NC(=O)c3cn(C)c4ccccc34)cc2F)CC1. The molecule has 10 nitrogen and oxygen atoms in total. The number of hydrogen-bond acceptors (Lipinski definition) is 7. The molecule has 1 N–H and O–H groups in total. The number of ether oxygens (including phenoxy) is 3. The third kappa shape index (κ3) is 7.39. The molecular weight excluding hydrogens is 639 g/mol. The number of aryl methyl sites for hydroxylation is 1. The van der Waals surface area contributed by atoms with Gasteiger partial charge in [0, 0.05) is 56.9 Å². The Morgan fingerprint density at radius 2 is 1.79 bits per heavy atom. The van der Waals surface area contributed by atoms with Gasteiger partial charge in [-0.1, -0.05) is 29.8 Å². The fourth-order valence-corrected chi connectivity index (χ4v) is 7.54. The molecule has 2 saturated heterocycles. The molecule has 2 aliphatic heterocycles. The second-order valence-electron chi connectivity index (χ2n) is 13.2. The number of aromatic nitrogens is 1. The molecule has 2 amide bonds. The van der Waals surface area contributed by atoms with Crippen molar-refractivity contribution in [3.05, 3.63) is 64.6 Å². The van der Waals surface area contributed by atoms with Gasteiger partial charge in [0.05, 0.1) is 60.1 Å². The number of esters is 1. The van der Waals surface area contributed by atoms with Crippen LogP contribution in [0.5, 0.6) is 0 Å². The zero-order valence-electron chi connectivity index (χ0n) is 27.8. The van der Waals surface area contributed by atoms with E-state index in [4.69, 9.17) is 25.8 Å². The van der Waals surface area contributed by atoms with E-state index in [0.29, 0.717) is 25.3 Å². The summed E-state index contributed by atoms with van der Waals surface area (Å²) in [5.74, 6) is -1.45. The summed E-state index contributed by atoms with van der Waals surface area (Å²) in [5.41, 5.74) is 1.65. The van der Waals surface area contributed by atoms with E-state index in [-0.39, 0.29) is 64.8 Å². The molecule has 2 atom stereocenters. The van der Waals surface area contributed by atoms with E-state index in [0.717, 1.165) is 56.1 Å². The lowest BCUT2D eigenvalue weighted by atomic mass is 9.87. The maximum Gasteiger partial charge on any atom is 0.308 e. The minimum Gasteiger partial charge on any atom is -0.466 e. The highest BCUT2D eigenvalue weighted by Gasteiger charge is 2.42. The number of likely N-dealkylation sites (tertiary alicyclic amines) is 2. The summed E-state index contributed by atoms with van der Waals surface area (Å²) in [4.78, 5) is 43.3. The van der Waals surface area contributed by atoms with Crippen molar-refractivity contribution in [3.8, 4) is 0 Å². The van der Waals surface area contributed by atoms with Crippen molar-refractivity contribution >= 4 is 46.0 Å². The predicted molar refractivity (Wildman–Crippen MR) is 181 cm³/mol. The number of methoxy groups -OCH3 is 1. The highest BCUT2D eigenvalue weighted by molar-refractivity contribution is 6.34. The maximum absolute atomic E-state index is 15.5. The number of anilines is 1. The first-order valence-electron chi connectivity index (χ1n) is 16.8. The predicted octanol–water partition coefficient (Wildman–Crippen LogP) is 5.20. The van der Waals surface area contributed by atoms with Gasteiger partial charge in [-0.15, -0.1) is 0 Å². The molecule has 1 aromatic heterocycles. The number of carbonyl (C=O) groups is 3. The molecule has 48 heavy (non-hydrogen) atoms. The normalized spacial score (nSPS) is 23.3. The van der Waals surface area contributed by atoms with Crippen molar-refractivity contribution in [1.29, 1.82) is 0 Å². The number of rotatable bonds is 11. The van der Waals surface area contributed by atoms with E-state index in [2.05, 4.69) is 10.2 Å². The van der Waals surface area contributed by atoms with Crippen LogP contribution in [0.3, 0.4) is 0 Å². The molecule has 258 valence electrons. The van der Waals surface area contributed by atoms with Gasteiger partial charge >= 0.3 is 5.97 Å². The van der Waals surface area contributed by atoms with Gasteiger partial charge in [0.1, 0.15) is 5.82 Å². The molecule has 2 aromatic carbocycles. The fraction of sp³-hybridized carbons (Fsp3) is 0.528. The second kappa shape index (κ2) is 14.9. The van der Waals surface area contributed by atoms with E-state index in [1.54, 1.807) is 13.3 Å². The first-order valence-corrected chi connectivity index (χ1v) is 17.2. The summed E-state index contributed by atoms with van der Waals surface area (Å²) in [6, 6.07) is 10.1. The smallest absolute Gasteiger partial charge is 0.308 e. The number of para-hydroxylation sites is 1. The van der Waals surface area contributed by atoms with Gasteiger partial charge in [-0.05, 0) is 62.8 Å². The molecule has 3 heterocycles. The van der Waals surface area contributed by atoms with E-state index in [9.17, 15) is 14.4 Å². The Kier molecular flexibility index (Phi) is 10.7. The van der Waals surface area contributed by atoms with Gasteiger partial charge in [-0.2, -0.15) is 0 Å². The Morgan fingerprint density at radius 1 is 1.04 bits per heavy atom. The van der Waals surface area contributed by atoms with Crippen LogP contribution < -0.4 is 5.32 Å². The monoisotopic (exact) mass is 682 g/mol. The number of fused-ring (bicyclic) bond motifs is 1. The second-order valence-corrected chi connectivity index (χ2v) is 13.6. The van der Waals surface area contributed by atoms with Gasteiger partial charge in [0.2, 0.25) is 5.91 Å². The Bertz CT molecular complexity index is 1650. The molecule has 0 spiro atoms. The number of halogens is 2. The van der Waals surface area contributed by atoms with Gasteiger partial charge in [0.25, 0.3) is 5.91 Å². The van der Waals surface area contributed by atoms with Crippen molar-refractivity contribution in [3.63, 3.8) is 0 Å². The van der Waals surface area contributed by atoms with Crippen LogP contribution in [-0.2, 0) is 37.3 Å². The molecule has 0 bridgehead atoms. The highest BCUT2D eigenvalue weighted by atomic mass is 35.5. The van der Waals surface area contributed by atoms with Crippen LogP contribution in [-0.4, -0.2) is 96.4 Å². The van der Waals surface area contributed by atoms with Crippen molar-refractivity contribution in [2.45, 2.75) is 69.7 Å². The van der Waals surface area contributed by atoms with Crippen LogP contribution in [0.4, 0.5) is 10.1 Å². The molecule has 3 fully saturated rings. The van der Waals surface area contributed by atoms with E-state index >= 15 is 4.39 Å². The van der Waals surface area contributed by atoms with Crippen LogP contribution in [0.2, 0.25) is 5.02 Å². The Hall–Kier alpha value is -3.51. The van der Waals surface area contributed by atoms with Crippen molar-refractivity contribution in [2.75, 3.05) is 45.3 Å². The van der Waals surface area contributed by atoms with Crippen molar-refractivity contribution < 1.29 is 33.0 Å². The lowest BCUT2D eigenvalue weighted by Crippen LogP contribution is -2.56. The number of benzene rings is 2. The van der Waals surface area contributed by atoms with Crippen LogP contribution in [0.1, 0.15) is 54.9 Å². The molecule has 3 aliphatic rings. The minimum atomic E-state index is -0.617. The third-order valence-corrected chi connectivity index (χ3v) is 10.4. The fourth-order valence-electron chi connectivity index (χ4n) is 7.31. The van der Waals surface area contributed by atoms with Gasteiger partial charge in [-0.3, -0.25) is 19.3 Å². The van der Waals surface area contributed by atoms with Crippen molar-refractivity contribution in [2.24, 2.45) is 13.0 Å². The topological polar surface area (TPSA) is 102 Å². The van der Waals surface area contributed by atoms with Gasteiger partial charge in [0.15, 0.2) is 0 Å². The van der Waals surface area contributed by atoms with Crippen LogP contribution in [0.25, 0.3) is 10.9 Å². The summed E-state index contributed by atoms with van der Waals surface area (Å²) in [6.45, 7) is 4.72. The van der Waals surface area contributed by atoms with Gasteiger partial charge in [-0.25, -0.2) is 4.39 Å². The molecule has 3 aromatic rings. The number of nitrogens with one attached hydrogen (secondary N) is 1. The third-order valence-electron chi connectivity index (χ3n) is 10.1. The standard InChI is InChI=1S/C36H44ClFN4O6/c1-4-47-36(45)22-9-11-26(12-10-22)48-21-25-15-24(41-18-27(19-41)46-3)17-42(25)34(43)14-23-13-30(37)32(16-31(23)38)39-35(44)29-20-40(2)33-8-6-5-7-28(29)33/h5-8,13,16,20,22,24-27H,4,9-12,14-15,17-19,21H2,1-3H3,(H,39,44)/t22?,24-,25-,26?/m0/s1. The van der Waals surface area contributed by atoms with E-state index in [1.807, 2.05) is 47.7 Å². The minimum absolute atomic E-state index is 0.0152. The lowest BCUT2D eigenvalue weighted by molar-refractivity contribution is -0.150. The Morgan fingerprint density at radius 3 is 2.52 bits per heavy atom. The maximum atomic E-state index is 15.5. The molecular formula is C36H44ClFN4O6.